The fourth-order valence-electron chi connectivity index (χ4n) is 2.34. The lowest BCUT2D eigenvalue weighted by Crippen LogP contribution is -2.33. The molecule has 0 aliphatic carbocycles. The van der Waals surface area contributed by atoms with Crippen LogP contribution in [0.1, 0.15) is 36.2 Å². The lowest BCUT2D eigenvalue weighted by atomic mass is 10.1. The third-order valence-corrected chi connectivity index (χ3v) is 4.34. The van der Waals surface area contributed by atoms with Crippen LogP contribution in [0.25, 0.3) is 6.08 Å². The highest BCUT2D eigenvalue weighted by atomic mass is 32.1. The van der Waals surface area contributed by atoms with Crippen LogP contribution in [0.2, 0.25) is 0 Å². The zero-order valence-corrected chi connectivity index (χ0v) is 17.4. The number of hydrogen-bond acceptors (Lipinski definition) is 5. The highest BCUT2D eigenvalue weighted by Crippen LogP contribution is 2.13. The number of thiocarbonyl (C=S) groups is 1. The second kappa shape index (κ2) is 10.8. The maximum atomic E-state index is 12.2. The van der Waals surface area contributed by atoms with Gasteiger partial charge in [-0.15, -0.1) is 0 Å². The van der Waals surface area contributed by atoms with Crippen LogP contribution in [-0.2, 0) is 4.79 Å². The summed E-state index contributed by atoms with van der Waals surface area (Å²) in [5.41, 5.74) is 1.65. The molecule has 1 unspecified atom stereocenters. The molecule has 0 fully saturated rings. The molecule has 1 atom stereocenters. The molecule has 30 heavy (non-hydrogen) atoms. The van der Waals surface area contributed by atoms with Crippen LogP contribution in [0.4, 0.5) is 11.4 Å². The molecule has 9 heteroatoms. The minimum Gasteiger partial charge on any atom is -0.350 e. The summed E-state index contributed by atoms with van der Waals surface area (Å²) in [6, 6.07) is 12.6. The Labute approximate surface area is 179 Å². The highest BCUT2D eigenvalue weighted by Gasteiger charge is 2.10. The van der Waals surface area contributed by atoms with Gasteiger partial charge >= 0.3 is 0 Å². The van der Waals surface area contributed by atoms with E-state index in [0.29, 0.717) is 16.8 Å². The Morgan fingerprint density at radius 3 is 2.53 bits per heavy atom. The van der Waals surface area contributed by atoms with Crippen LogP contribution in [0.3, 0.4) is 0 Å². The van der Waals surface area contributed by atoms with Crippen LogP contribution in [0, 0.1) is 10.1 Å². The van der Waals surface area contributed by atoms with Crippen molar-refractivity contribution in [2.24, 2.45) is 0 Å². The number of rotatable bonds is 7. The second-order valence-electron chi connectivity index (χ2n) is 6.49. The normalized spacial score (nSPS) is 11.5. The van der Waals surface area contributed by atoms with Gasteiger partial charge in [-0.1, -0.05) is 13.0 Å². The largest absolute Gasteiger partial charge is 0.350 e. The summed E-state index contributed by atoms with van der Waals surface area (Å²) in [7, 11) is 0. The summed E-state index contributed by atoms with van der Waals surface area (Å²) in [4.78, 5) is 34.4. The van der Waals surface area contributed by atoms with Crippen molar-refractivity contribution in [3.8, 4) is 0 Å². The van der Waals surface area contributed by atoms with Gasteiger partial charge in [-0.25, -0.2) is 0 Å². The first-order valence-electron chi connectivity index (χ1n) is 9.24. The Balaban J connectivity index is 1.92. The van der Waals surface area contributed by atoms with E-state index in [2.05, 4.69) is 16.0 Å². The smallest absolute Gasteiger partial charge is 0.269 e. The molecule has 0 heterocycles. The minimum atomic E-state index is -0.493. The number of non-ortho nitro benzene ring substituents is 1. The topological polar surface area (TPSA) is 113 Å². The van der Waals surface area contributed by atoms with Crippen LogP contribution in [0.15, 0.2) is 54.6 Å². The van der Waals surface area contributed by atoms with Crippen molar-refractivity contribution in [3.63, 3.8) is 0 Å². The zero-order chi connectivity index (χ0) is 22.1. The average Bonchev–Trinajstić information content (AvgIpc) is 2.72. The Morgan fingerprint density at radius 2 is 1.90 bits per heavy atom. The molecule has 2 aromatic carbocycles. The minimum absolute atomic E-state index is 0.0259. The van der Waals surface area contributed by atoms with Crippen molar-refractivity contribution in [2.45, 2.75) is 26.3 Å². The molecule has 156 valence electrons. The monoisotopic (exact) mass is 426 g/mol. The van der Waals surface area contributed by atoms with Crippen molar-refractivity contribution in [2.75, 3.05) is 5.32 Å². The Kier molecular flexibility index (Phi) is 8.18. The summed E-state index contributed by atoms with van der Waals surface area (Å²) in [6.07, 6.45) is 3.61. The molecule has 0 saturated carbocycles. The summed E-state index contributed by atoms with van der Waals surface area (Å²) in [5, 5.41) is 19.0. The lowest BCUT2D eigenvalue weighted by Gasteiger charge is -2.13. The van der Waals surface area contributed by atoms with E-state index in [-0.39, 0.29) is 22.7 Å². The molecule has 0 radical (unpaired) electrons. The summed E-state index contributed by atoms with van der Waals surface area (Å²) in [6.45, 7) is 3.91. The predicted molar refractivity (Wildman–Crippen MR) is 120 cm³/mol. The third-order valence-electron chi connectivity index (χ3n) is 4.14. The quantitative estimate of drug-likeness (QED) is 0.270. The van der Waals surface area contributed by atoms with Gasteiger partial charge in [0, 0.05) is 35.5 Å². The van der Waals surface area contributed by atoms with Crippen LogP contribution in [0.5, 0.6) is 0 Å². The predicted octanol–water partition coefficient (Wildman–Crippen LogP) is 3.65. The molecule has 2 aromatic rings. The Hall–Kier alpha value is -3.59. The van der Waals surface area contributed by atoms with Gasteiger partial charge in [0.2, 0.25) is 5.91 Å². The molecule has 0 aliphatic rings. The van der Waals surface area contributed by atoms with Crippen LogP contribution < -0.4 is 16.0 Å². The number of hydrogen-bond donors (Lipinski definition) is 3. The lowest BCUT2D eigenvalue weighted by molar-refractivity contribution is -0.384. The number of benzene rings is 2. The van der Waals surface area contributed by atoms with Crippen molar-refractivity contribution >= 4 is 46.6 Å². The number of amides is 2. The average molecular weight is 426 g/mol. The number of carbonyl (C=O) groups is 2. The molecular weight excluding hydrogens is 404 g/mol. The number of nitrogens with one attached hydrogen (secondary N) is 3. The summed E-state index contributed by atoms with van der Waals surface area (Å²) >= 11 is 5.13. The standard InChI is InChI=1S/C21H22N4O4S/c1-3-14(2)22-20(27)16-5-4-6-17(13-16)23-21(30)24-19(26)12-9-15-7-10-18(11-8-15)25(28)29/h4-14H,3H2,1-2H3,(H,22,27)(H2,23,24,26,30)/b12-9+. The molecule has 0 aliphatic heterocycles. The highest BCUT2D eigenvalue weighted by molar-refractivity contribution is 7.80. The van der Waals surface area contributed by atoms with E-state index in [1.807, 2.05) is 13.8 Å². The molecule has 0 saturated heterocycles. The van der Waals surface area contributed by atoms with E-state index >= 15 is 0 Å². The van der Waals surface area contributed by atoms with Gasteiger partial charge in [0.05, 0.1) is 4.92 Å². The summed E-state index contributed by atoms with van der Waals surface area (Å²) < 4.78 is 0. The van der Waals surface area contributed by atoms with E-state index in [1.54, 1.807) is 24.3 Å². The molecule has 0 bridgehead atoms. The van der Waals surface area contributed by atoms with Gasteiger partial charge < -0.3 is 10.6 Å². The molecule has 8 nitrogen and oxygen atoms in total. The number of nitro benzene ring substituents is 1. The Morgan fingerprint density at radius 1 is 1.20 bits per heavy atom. The van der Waals surface area contributed by atoms with Gasteiger partial charge in [0.1, 0.15) is 0 Å². The third kappa shape index (κ3) is 7.10. The van der Waals surface area contributed by atoms with Gasteiger partial charge in [-0.3, -0.25) is 25.0 Å². The number of nitrogens with zero attached hydrogens (tertiary/aromatic N) is 1. The van der Waals surface area contributed by atoms with Gasteiger partial charge in [-0.05, 0) is 67.5 Å². The second-order valence-corrected chi connectivity index (χ2v) is 6.90. The maximum Gasteiger partial charge on any atom is 0.269 e. The zero-order valence-electron chi connectivity index (χ0n) is 16.5. The van der Waals surface area contributed by atoms with Gasteiger partial charge in [-0.2, -0.15) is 0 Å². The van der Waals surface area contributed by atoms with E-state index < -0.39 is 10.8 Å². The van der Waals surface area contributed by atoms with Crippen LogP contribution in [-0.4, -0.2) is 27.9 Å². The maximum absolute atomic E-state index is 12.2. The molecule has 2 amide bonds. The van der Waals surface area contributed by atoms with E-state index in [1.165, 1.54) is 36.4 Å². The molecule has 0 spiro atoms. The first-order valence-corrected chi connectivity index (χ1v) is 9.64. The molecular formula is C21H22N4O4S. The first kappa shape index (κ1) is 22.7. The molecule has 2 rings (SSSR count). The molecule has 3 N–H and O–H groups in total. The van der Waals surface area contributed by atoms with E-state index in [4.69, 9.17) is 12.2 Å². The van der Waals surface area contributed by atoms with Crippen molar-refractivity contribution < 1.29 is 14.5 Å². The van der Waals surface area contributed by atoms with Crippen molar-refractivity contribution in [1.29, 1.82) is 0 Å². The van der Waals surface area contributed by atoms with Crippen molar-refractivity contribution in [3.05, 3.63) is 75.8 Å². The first-order chi connectivity index (χ1) is 14.3. The van der Waals surface area contributed by atoms with Crippen LogP contribution >= 0.6 is 12.2 Å². The summed E-state index contributed by atoms with van der Waals surface area (Å²) in [5.74, 6) is -0.648. The van der Waals surface area contributed by atoms with E-state index in [9.17, 15) is 19.7 Å². The SMILES string of the molecule is CCC(C)NC(=O)c1cccc(NC(=S)NC(=O)/C=C/c2ccc([N+](=O)[O-])cc2)c1. The number of nitro groups is 1. The molecule has 0 aromatic heterocycles. The number of anilines is 1. The fourth-order valence-corrected chi connectivity index (χ4v) is 2.56. The fraction of sp³-hybridized carbons (Fsp3) is 0.190. The van der Waals surface area contributed by atoms with Gasteiger partial charge in [0.15, 0.2) is 5.11 Å². The Bertz CT molecular complexity index is 973. The number of carbonyl (C=O) groups excluding carboxylic acids is 2. The van der Waals surface area contributed by atoms with E-state index in [0.717, 1.165) is 6.42 Å². The van der Waals surface area contributed by atoms with Crippen molar-refractivity contribution in [1.82, 2.24) is 10.6 Å². The van der Waals surface area contributed by atoms with Gasteiger partial charge in [0.25, 0.3) is 11.6 Å².